The van der Waals surface area contributed by atoms with Gasteiger partial charge in [-0.1, -0.05) is 32.1 Å². The molecule has 2 aliphatic rings. The summed E-state index contributed by atoms with van der Waals surface area (Å²) in [6.07, 6.45) is 9.77. The van der Waals surface area contributed by atoms with E-state index in [-0.39, 0.29) is 5.91 Å². The zero-order valence-corrected chi connectivity index (χ0v) is 11.1. The predicted molar refractivity (Wildman–Crippen MR) is 69.9 cm³/mol. The molecule has 0 spiro atoms. The van der Waals surface area contributed by atoms with Gasteiger partial charge >= 0.3 is 0 Å². The van der Waals surface area contributed by atoms with Crippen LogP contribution in [0, 0.1) is 5.92 Å². The van der Waals surface area contributed by atoms with Crippen molar-refractivity contribution in [2.45, 2.75) is 57.9 Å². The molecule has 1 aliphatic heterocycles. The molecular weight excluding hydrogens is 212 g/mol. The fourth-order valence-corrected chi connectivity index (χ4v) is 3.22. The van der Waals surface area contributed by atoms with E-state index in [1.54, 1.807) is 6.92 Å². The van der Waals surface area contributed by atoms with Crippen molar-refractivity contribution in [1.29, 1.82) is 0 Å². The maximum Gasteiger partial charge on any atom is 0.219 e. The normalized spacial score (nSPS) is 27.1. The minimum Gasteiger partial charge on any atom is -0.340 e. The molecule has 3 nitrogen and oxygen atoms in total. The van der Waals surface area contributed by atoms with E-state index in [4.69, 9.17) is 0 Å². The Morgan fingerprint density at radius 3 is 2.71 bits per heavy atom. The molecule has 0 radical (unpaired) electrons. The van der Waals surface area contributed by atoms with Gasteiger partial charge in [0.2, 0.25) is 5.91 Å². The number of piperazine rings is 1. The molecule has 1 aliphatic carbocycles. The van der Waals surface area contributed by atoms with E-state index in [0.717, 1.165) is 25.6 Å². The van der Waals surface area contributed by atoms with Crippen LogP contribution in [-0.4, -0.2) is 36.5 Å². The lowest BCUT2D eigenvalue weighted by molar-refractivity contribution is -0.130. The molecule has 1 amide bonds. The monoisotopic (exact) mass is 238 g/mol. The lowest BCUT2D eigenvalue weighted by Gasteiger charge is -2.34. The van der Waals surface area contributed by atoms with Gasteiger partial charge in [-0.2, -0.15) is 0 Å². The van der Waals surface area contributed by atoms with E-state index in [1.165, 1.54) is 44.9 Å². The molecule has 2 fully saturated rings. The average molecular weight is 238 g/mol. The predicted octanol–water partition coefficient (Wildman–Crippen LogP) is 2.17. The van der Waals surface area contributed by atoms with Crippen LogP contribution >= 0.6 is 0 Å². The van der Waals surface area contributed by atoms with Crippen molar-refractivity contribution in [3.8, 4) is 0 Å². The van der Waals surface area contributed by atoms with E-state index in [2.05, 4.69) is 5.32 Å². The summed E-state index contributed by atoms with van der Waals surface area (Å²) >= 11 is 0. The zero-order chi connectivity index (χ0) is 12.1. The first kappa shape index (κ1) is 12.9. The standard InChI is InChI=1S/C14H26N2O/c1-12(17)16-10-9-15-14(11-16)8-7-13-5-3-2-4-6-13/h13-15H,2-11H2,1H3. The highest BCUT2D eigenvalue weighted by molar-refractivity contribution is 5.73. The van der Waals surface area contributed by atoms with Crippen LogP contribution in [0.2, 0.25) is 0 Å². The smallest absolute Gasteiger partial charge is 0.219 e. The van der Waals surface area contributed by atoms with E-state index in [0.29, 0.717) is 6.04 Å². The highest BCUT2D eigenvalue weighted by Gasteiger charge is 2.22. The van der Waals surface area contributed by atoms with E-state index in [1.807, 2.05) is 4.90 Å². The summed E-state index contributed by atoms with van der Waals surface area (Å²) in [7, 11) is 0. The van der Waals surface area contributed by atoms with Crippen LogP contribution in [0.3, 0.4) is 0 Å². The van der Waals surface area contributed by atoms with Crippen LogP contribution in [0.25, 0.3) is 0 Å². The van der Waals surface area contributed by atoms with Gasteiger partial charge in [0.1, 0.15) is 0 Å². The number of carbonyl (C=O) groups excluding carboxylic acids is 1. The Hall–Kier alpha value is -0.570. The third kappa shape index (κ3) is 3.98. The summed E-state index contributed by atoms with van der Waals surface area (Å²) in [6, 6.07) is 0.537. The quantitative estimate of drug-likeness (QED) is 0.817. The fraction of sp³-hybridized carbons (Fsp3) is 0.929. The second-order valence-electron chi connectivity index (χ2n) is 5.70. The van der Waals surface area contributed by atoms with Gasteiger partial charge < -0.3 is 10.2 Å². The number of nitrogens with one attached hydrogen (secondary N) is 1. The van der Waals surface area contributed by atoms with Crippen LogP contribution in [0.5, 0.6) is 0 Å². The number of rotatable bonds is 3. The first-order valence-corrected chi connectivity index (χ1v) is 7.24. The molecule has 1 saturated heterocycles. The Labute approximate surface area is 105 Å². The maximum atomic E-state index is 11.3. The Balaban J connectivity index is 1.69. The molecule has 0 bridgehead atoms. The highest BCUT2D eigenvalue weighted by atomic mass is 16.2. The largest absolute Gasteiger partial charge is 0.340 e. The maximum absolute atomic E-state index is 11.3. The van der Waals surface area contributed by atoms with E-state index in [9.17, 15) is 4.79 Å². The van der Waals surface area contributed by atoms with Gasteiger partial charge in [0, 0.05) is 32.6 Å². The Bertz CT molecular complexity index is 249. The van der Waals surface area contributed by atoms with E-state index < -0.39 is 0 Å². The van der Waals surface area contributed by atoms with Gasteiger partial charge in [0.25, 0.3) is 0 Å². The van der Waals surface area contributed by atoms with Crippen LogP contribution in [-0.2, 0) is 4.79 Å². The molecule has 2 rings (SSSR count). The van der Waals surface area contributed by atoms with Crippen molar-refractivity contribution in [2.24, 2.45) is 5.92 Å². The zero-order valence-electron chi connectivity index (χ0n) is 11.1. The minimum atomic E-state index is 0.231. The molecule has 0 aromatic carbocycles. The molecule has 0 aromatic rings. The van der Waals surface area contributed by atoms with Crippen molar-refractivity contribution < 1.29 is 4.79 Å². The van der Waals surface area contributed by atoms with Crippen LogP contribution in [0.1, 0.15) is 51.9 Å². The summed E-state index contributed by atoms with van der Waals surface area (Å²) < 4.78 is 0. The van der Waals surface area contributed by atoms with Gasteiger partial charge in [0.05, 0.1) is 0 Å². The molecule has 1 unspecified atom stereocenters. The van der Waals surface area contributed by atoms with Crippen LogP contribution in [0.4, 0.5) is 0 Å². The van der Waals surface area contributed by atoms with Crippen molar-refractivity contribution >= 4 is 5.91 Å². The third-order valence-corrected chi connectivity index (χ3v) is 4.35. The third-order valence-electron chi connectivity index (χ3n) is 4.35. The minimum absolute atomic E-state index is 0.231. The summed E-state index contributed by atoms with van der Waals surface area (Å²) in [6.45, 7) is 4.45. The lowest BCUT2D eigenvalue weighted by Crippen LogP contribution is -2.52. The van der Waals surface area contributed by atoms with Crippen LogP contribution in [0.15, 0.2) is 0 Å². The molecule has 98 valence electrons. The molecule has 1 heterocycles. The fourth-order valence-electron chi connectivity index (χ4n) is 3.22. The molecular formula is C14H26N2O. The average Bonchev–Trinajstić information content (AvgIpc) is 2.38. The Morgan fingerprint density at radius 2 is 2.00 bits per heavy atom. The highest BCUT2D eigenvalue weighted by Crippen LogP contribution is 2.27. The molecule has 0 aromatic heterocycles. The summed E-state index contributed by atoms with van der Waals surface area (Å²) in [5.74, 6) is 1.19. The molecule has 1 saturated carbocycles. The van der Waals surface area contributed by atoms with Gasteiger partial charge in [-0.05, 0) is 18.8 Å². The number of hydrogen-bond acceptors (Lipinski definition) is 2. The Morgan fingerprint density at radius 1 is 1.24 bits per heavy atom. The van der Waals surface area contributed by atoms with E-state index >= 15 is 0 Å². The van der Waals surface area contributed by atoms with Gasteiger partial charge in [0.15, 0.2) is 0 Å². The molecule has 17 heavy (non-hydrogen) atoms. The number of amides is 1. The van der Waals surface area contributed by atoms with Crippen LogP contribution < -0.4 is 5.32 Å². The Kier molecular flexibility index (Phi) is 4.84. The first-order chi connectivity index (χ1) is 8.25. The topological polar surface area (TPSA) is 32.3 Å². The number of hydrogen-bond donors (Lipinski definition) is 1. The van der Waals surface area contributed by atoms with Crippen molar-refractivity contribution in [1.82, 2.24) is 10.2 Å². The SMILES string of the molecule is CC(=O)N1CCNC(CCC2CCCCC2)C1. The molecule has 1 N–H and O–H groups in total. The second kappa shape index (κ2) is 6.39. The number of nitrogens with zero attached hydrogens (tertiary/aromatic N) is 1. The summed E-state index contributed by atoms with van der Waals surface area (Å²) in [5.41, 5.74) is 0. The lowest BCUT2D eigenvalue weighted by atomic mass is 9.85. The van der Waals surface area contributed by atoms with Gasteiger partial charge in [-0.15, -0.1) is 0 Å². The number of carbonyl (C=O) groups is 1. The molecule has 1 atom stereocenters. The first-order valence-electron chi connectivity index (χ1n) is 7.24. The summed E-state index contributed by atoms with van der Waals surface area (Å²) in [5, 5.41) is 3.55. The van der Waals surface area contributed by atoms with Crippen molar-refractivity contribution in [2.75, 3.05) is 19.6 Å². The van der Waals surface area contributed by atoms with Crippen molar-refractivity contribution in [3.05, 3.63) is 0 Å². The molecule has 3 heteroatoms. The summed E-state index contributed by atoms with van der Waals surface area (Å²) in [4.78, 5) is 13.3. The second-order valence-corrected chi connectivity index (χ2v) is 5.70. The van der Waals surface area contributed by atoms with Gasteiger partial charge in [-0.25, -0.2) is 0 Å². The van der Waals surface area contributed by atoms with Crippen molar-refractivity contribution in [3.63, 3.8) is 0 Å². The van der Waals surface area contributed by atoms with Gasteiger partial charge in [-0.3, -0.25) is 4.79 Å².